The summed E-state index contributed by atoms with van der Waals surface area (Å²) in [7, 11) is -1.40. The van der Waals surface area contributed by atoms with E-state index in [0.29, 0.717) is 5.46 Å². The van der Waals surface area contributed by atoms with Crippen LogP contribution >= 0.6 is 15.9 Å². The van der Waals surface area contributed by atoms with Crippen LogP contribution in [0.5, 0.6) is 0 Å². The van der Waals surface area contributed by atoms with Gasteiger partial charge in [-0.05, 0) is 18.5 Å². The molecule has 0 amide bonds. The van der Waals surface area contributed by atoms with Gasteiger partial charge in [0, 0.05) is 4.47 Å². The molecular weight excluding hydrogens is 207 g/mol. The van der Waals surface area contributed by atoms with E-state index in [9.17, 15) is 0 Å². The van der Waals surface area contributed by atoms with Gasteiger partial charge in [0.05, 0.1) is 0 Å². The Kier molecular flexibility index (Phi) is 2.70. The Morgan fingerprint density at radius 2 is 2.00 bits per heavy atom. The molecule has 0 bridgehead atoms. The van der Waals surface area contributed by atoms with E-state index in [1.165, 1.54) is 0 Å². The second-order valence-electron chi connectivity index (χ2n) is 2.34. The molecule has 0 unspecified atom stereocenters. The van der Waals surface area contributed by atoms with Crippen LogP contribution in [0.4, 0.5) is 0 Å². The molecule has 0 atom stereocenters. The lowest BCUT2D eigenvalue weighted by molar-refractivity contribution is 0.425. The molecule has 0 aromatic heterocycles. The SMILES string of the molecule is Cc1cccc(Br)c1B(O)O. The van der Waals surface area contributed by atoms with Crippen molar-refractivity contribution in [2.45, 2.75) is 6.92 Å². The van der Waals surface area contributed by atoms with Crippen molar-refractivity contribution in [1.29, 1.82) is 0 Å². The van der Waals surface area contributed by atoms with E-state index < -0.39 is 7.12 Å². The Hall–Kier alpha value is -0.315. The molecule has 0 aliphatic carbocycles. The van der Waals surface area contributed by atoms with E-state index in [1.807, 2.05) is 19.1 Å². The summed E-state index contributed by atoms with van der Waals surface area (Å²) in [5.41, 5.74) is 1.40. The second-order valence-corrected chi connectivity index (χ2v) is 3.20. The molecule has 11 heavy (non-hydrogen) atoms. The van der Waals surface area contributed by atoms with Gasteiger partial charge in [-0.1, -0.05) is 33.6 Å². The van der Waals surface area contributed by atoms with Crippen LogP contribution in [0.2, 0.25) is 0 Å². The molecule has 0 heterocycles. The van der Waals surface area contributed by atoms with Crippen LogP contribution in [-0.4, -0.2) is 17.2 Å². The van der Waals surface area contributed by atoms with Crippen molar-refractivity contribution >= 4 is 28.5 Å². The number of rotatable bonds is 1. The van der Waals surface area contributed by atoms with Crippen molar-refractivity contribution in [3.63, 3.8) is 0 Å². The Bertz CT molecular complexity index is 242. The first-order chi connectivity index (χ1) is 5.13. The van der Waals surface area contributed by atoms with Gasteiger partial charge >= 0.3 is 7.12 Å². The Balaban J connectivity index is 3.21. The summed E-state index contributed by atoms with van der Waals surface area (Å²) in [6.45, 7) is 1.83. The Morgan fingerprint density at radius 3 is 2.36 bits per heavy atom. The summed E-state index contributed by atoms with van der Waals surface area (Å²) in [6.07, 6.45) is 0. The largest absolute Gasteiger partial charge is 0.489 e. The molecule has 1 aromatic carbocycles. The highest BCUT2D eigenvalue weighted by atomic mass is 79.9. The zero-order valence-corrected chi connectivity index (χ0v) is 7.67. The lowest BCUT2D eigenvalue weighted by atomic mass is 9.77. The van der Waals surface area contributed by atoms with E-state index in [4.69, 9.17) is 10.0 Å². The van der Waals surface area contributed by atoms with Gasteiger partial charge in [0.1, 0.15) is 0 Å². The summed E-state index contributed by atoms with van der Waals surface area (Å²) < 4.78 is 0.729. The van der Waals surface area contributed by atoms with Crippen molar-refractivity contribution in [2.75, 3.05) is 0 Å². The van der Waals surface area contributed by atoms with Crippen LogP contribution in [-0.2, 0) is 0 Å². The van der Waals surface area contributed by atoms with Crippen molar-refractivity contribution in [2.24, 2.45) is 0 Å². The van der Waals surface area contributed by atoms with Crippen LogP contribution in [0.1, 0.15) is 5.56 Å². The monoisotopic (exact) mass is 214 g/mol. The van der Waals surface area contributed by atoms with Gasteiger partial charge in [0.2, 0.25) is 0 Å². The first-order valence-corrected chi connectivity index (χ1v) is 4.03. The van der Waals surface area contributed by atoms with Crippen LogP contribution in [0.25, 0.3) is 0 Å². The number of hydrogen-bond donors (Lipinski definition) is 2. The second kappa shape index (κ2) is 3.39. The molecule has 0 aliphatic heterocycles. The summed E-state index contributed by atoms with van der Waals surface area (Å²) in [4.78, 5) is 0. The standard InChI is InChI=1S/C7H8BBrO2/c1-5-3-2-4-6(9)7(5)8(10)11/h2-4,10-11H,1H3. The minimum Gasteiger partial charge on any atom is -0.423 e. The highest BCUT2D eigenvalue weighted by molar-refractivity contribution is 9.10. The zero-order valence-electron chi connectivity index (χ0n) is 6.08. The highest BCUT2D eigenvalue weighted by Gasteiger charge is 2.16. The normalized spacial score (nSPS) is 9.82. The summed E-state index contributed by atoms with van der Waals surface area (Å²) >= 11 is 3.23. The number of aryl methyl sites for hydroxylation is 1. The molecule has 58 valence electrons. The fourth-order valence-corrected chi connectivity index (χ4v) is 1.64. The van der Waals surface area contributed by atoms with E-state index in [2.05, 4.69) is 15.9 Å². The molecule has 1 aromatic rings. The minimum absolute atomic E-state index is 0.535. The third-order valence-corrected chi connectivity index (χ3v) is 2.22. The smallest absolute Gasteiger partial charge is 0.423 e. The number of benzene rings is 1. The summed E-state index contributed by atoms with van der Waals surface area (Å²) in [5, 5.41) is 17.8. The van der Waals surface area contributed by atoms with Crippen molar-refractivity contribution in [3.8, 4) is 0 Å². The summed E-state index contributed by atoms with van der Waals surface area (Å²) in [6, 6.07) is 5.46. The quantitative estimate of drug-likeness (QED) is 0.667. The number of halogens is 1. The van der Waals surface area contributed by atoms with Crippen molar-refractivity contribution < 1.29 is 10.0 Å². The zero-order chi connectivity index (χ0) is 8.43. The van der Waals surface area contributed by atoms with Gasteiger partial charge in [-0.2, -0.15) is 0 Å². The van der Waals surface area contributed by atoms with Gasteiger partial charge in [0.25, 0.3) is 0 Å². The molecule has 2 N–H and O–H groups in total. The van der Waals surface area contributed by atoms with E-state index in [1.54, 1.807) is 6.07 Å². The van der Waals surface area contributed by atoms with Crippen LogP contribution in [0.3, 0.4) is 0 Å². The van der Waals surface area contributed by atoms with Gasteiger partial charge < -0.3 is 10.0 Å². The fraction of sp³-hybridized carbons (Fsp3) is 0.143. The molecular formula is C7H8BBrO2. The molecule has 0 saturated carbocycles. The van der Waals surface area contributed by atoms with Crippen molar-refractivity contribution in [1.82, 2.24) is 0 Å². The van der Waals surface area contributed by atoms with E-state index in [0.717, 1.165) is 10.0 Å². The lowest BCUT2D eigenvalue weighted by Crippen LogP contribution is -2.33. The fourth-order valence-electron chi connectivity index (χ4n) is 0.972. The van der Waals surface area contributed by atoms with Crippen LogP contribution in [0, 0.1) is 6.92 Å². The average Bonchev–Trinajstić information content (AvgIpc) is 1.85. The maximum atomic E-state index is 8.91. The summed E-state index contributed by atoms with van der Waals surface area (Å²) in [5.74, 6) is 0. The van der Waals surface area contributed by atoms with E-state index >= 15 is 0 Å². The average molecular weight is 215 g/mol. The molecule has 0 fully saturated rings. The van der Waals surface area contributed by atoms with Crippen LogP contribution < -0.4 is 5.46 Å². The molecule has 4 heteroatoms. The molecule has 2 nitrogen and oxygen atoms in total. The van der Waals surface area contributed by atoms with Gasteiger partial charge in [0.15, 0.2) is 0 Å². The maximum absolute atomic E-state index is 8.91. The maximum Gasteiger partial charge on any atom is 0.489 e. The molecule has 1 rings (SSSR count). The third kappa shape index (κ3) is 1.83. The first kappa shape index (κ1) is 8.78. The Morgan fingerprint density at radius 1 is 1.36 bits per heavy atom. The van der Waals surface area contributed by atoms with Crippen LogP contribution in [0.15, 0.2) is 22.7 Å². The predicted molar refractivity (Wildman–Crippen MR) is 48.7 cm³/mol. The lowest BCUT2D eigenvalue weighted by Gasteiger charge is -2.05. The van der Waals surface area contributed by atoms with Gasteiger partial charge in [-0.25, -0.2) is 0 Å². The third-order valence-electron chi connectivity index (χ3n) is 1.53. The molecule has 0 saturated heterocycles. The molecule has 0 radical (unpaired) electrons. The number of hydrogen-bond acceptors (Lipinski definition) is 2. The highest BCUT2D eigenvalue weighted by Crippen LogP contribution is 2.08. The predicted octanol–water partition coefficient (Wildman–Crippen LogP) is 0.437. The van der Waals surface area contributed by atoms with E-state index in [-0.39, 0.29) is 0 Å². The molecule has 0 aliphatic rings. The van der Waals surface area contributed by atoms with Gasteiger partial charge in [-0.3, -0.25) is 0 Å². The minimum atomic E-state index is -1.40. The molecule has 0 spiro atoms. The van der Waals surface area contributed by atoms with Crippen molar-refractivity contribution in [3.05, 3.63) is 28.2 Å². The first-order valence-electron chi connectivity index (χ1n) is 3.24. The van der Waals surface area contributed by atoms with Gasteiger partial charge in [-0.15, -0.1) is 0 Å². The topological polar surface area (TPSA) is 40.5 Å². The Labute approximate surface area is 74.1 Å².